The molecule has 1 aromatic heterocycles. The maximum absolute atomic E-state index is 11.3. The summed E-state index contributed by atoms with van der Waals surface area (Å²) >= 11 is 1.62. The first kappa shape index (κ1) is 15.9. The average Bonchev–Trinajstić information content (AvgIpc) is 2.35. The number of thioether (sulfide) groups is 1. The van der Waals surface area contributed by atoms with Crippen LogP contribution in [-0.2, 0) is 4.79 Å². The predicted molar refractivity (Wildman–Crippen MR) is 76.3 cm³/mol. The first-order valence-corrected chi connectivity index (χ1v) is 7.32. The fraction of sp³-hybridized carbons (Fsp3) is 0.615. The smallest absolute Gasteiger partial charge is 0.323 e. The number of aromatic nitrogens is 2. The summed E-state index contributed by atoms with van der Waals surface area (Å²) in [6, 6.07) is 2.00. The third-order valence-corrected chi connectivity index (χ3v) is 3.74. The van der Waals surface area contributed by atoms with Gasteiger partial charge in [-0.3, -0.25) is 10.1 Å². The Morgan fingerprint density at radius 1 is 1.58 bits per heavy atom. The van der Waals surface area contributed by atoms with E-state index in [2.05, 4.69) is 15.3 Å². The number of nitrogens with zero attached hydrogens (tertiary/aromatic N) is 2. The van der Waals surface area contributed by atoms with E-state index in [1.54, 1.807) is 24.9 Å². The average molecular weight is 283 g/mol. The van der Waals surface area contributed by atoms with Crippen molar-refractivity contribution >= 4 is 17.7 Å². The van der Waals surface area contributed by atoms with Gasteiger partial charge in [0.1, 0.15) is 11.9 Å². The summed E-state index contributed by atoms with van der Waals surface area (Å²) in [6.07, 6.45) is 4.64. The van der Waals surface area contributed by atoms with Gasteiger partial charge in [0.15, 0.2) is 0 Å². The molecular formula is C13H21N3O2S. The summed E-state index contributed by atoms with van der Waals surface area (Å²) in [5.74, 6) is 0.0490. The van der Waals surface area contributed by atoms with E-state index in [1.165, 1.54) is 6.33 Å². The van der Waals surface area contributed by atoms with Crippen molar-refractivity contribution in [3.05, 3.63) is 18.6 Å². The summed E-state index contributed by atoms with van der Waals surface area (Å²) in [5, 5.41) is 13.3. The summed E-state index contributed by atoms with van der Waals surface area (Å²) in [7, 11) is 0. The summed E-state index contributed by atoms with van der Waals surface area (Å²) in [5.41, 5.74) is -0.861. The molecule has 0 bridgehead atoms. The van der Waals surface area contributed by atoms with Crippen LogP contribution in [0.4, 0.5) is 0 Å². The van der Waals surface area contributed by atoms with Gasteiger partial charge in [0.05, 0.1) is 5.03 Å². The molecule has 0 amide bonds. The van der Waals surface area contributed by atoms with E-state index in [0.29, 0.717) is 6.42 Å². The van der Waals surface area contributed by atoms with E-state index in [1.807, 2.05) is 19.9 Å². The lowest BCUT2D eigenvalue weighted by Crippen LogP contribution is -2.52. The number of aliphatic carboxylic acids is 1. The van der Waals surface area contributed by atoms with E-state index in [4.69, 9.17) is 0 Å². The monoisotopic (exact) mass is 283 g/mol. The van der Waals surface area contributed by atoms with Crippen molar-refractivity contribution in [3.8, 4) is 0 Å². The van der Waals surface area contributed by atoms with Gasteiger partial charge < -0.3 is 5.11 Å². The van der Waals surface area contributed by atoms with Crippen LogP contribution in [0.25, 0.3) is 0 Å². The quantitative estimate of drug-likeness (QED) is 0.433. The fourth-order valence-electron chi connectivity index (χ4n) is 1.84. The van der Waals surface area contributed by atoms with Crippen LogP contribution >= 0.6 is 11.8 Å². The molecule has 0 saturated carbocycles. The van der Waals surface area contributed by atoms with Crippen LogP contribution in [0.2, 0.25) is 0 Å². The molecule has 0 saturated heterocycles. The zero-order valence-electron chi connectivity index (χ0n) is 11.6. The van der Waals surface area contributed by atoms with Crippen LogP contribution in [0.15, 0.2) is 23.6 Å². The molecule has 19 heavy (non-hydrogen) atoms. The molecule has 0 aliphatic rings. The molecule has 2 N–H and O–H groups in total. The highest BCUT2D eigenvalue weighted by Gasteiger charge is 2.32. The Bertz CT molecular complexity index is 400. The number of hydrogen-bond donors (Lipinski definition) is 2. The minimum atomic E-state index is -0.861. The second-order valence-corrected chi connectivity index (χ2v) is 6.05. The Morgan fingerprint density at radius 2 is 2.32 bits per heavy atom. The Balaban J connectivity index is 2.39. The minimum absolute atomic E-state index is 0.149. The van der Waals surface area contributed by atoms with Gasteiger partial charge in [0.2, 0.25) is 0 Å². The molecule has 1 unspecified atom stereocenters. The van der Waals surface area contributed by atoms with Gasteiger partial charge in [-0.15, -0.1) is 11.8 Å². The van der Waals surface area contributed by atoms with Crippen molar-refractivity contribution in [2.75, 3.05) is 5.75 Å². The molecule has 0 aromatic carbocycles. The highest BCUT2D eigenvalue weighted by molar-refractivity contribution is 7.99. The van der Waals surface area contributed by atoms with Crippen LogP contribution in [0.1, 0.15) is 33.6 Å². The van der Waals surface area contributed by atoms with Crippen molar-refractivity contribution in [2.45, 2.75) is 50.2 Å². The van der Waals surface area contributed by atoms with Crippen LogP contribution in [0, 0.1) is 0 Å². The molecule has 0 radical (unpaired) electrons. The van der Waals surface area contributed by atoms with E-state index >= 15 is 0 Å². The van der Waals surface area contributed by atoms with Gasteiger partial charge in [-0.25, -0.2) is 9.97 Å². The predicted octanol–water partition coefficient (Wildman–Crippen LogP) is 2.19. The number of rotatable bonds is 8. The number of nitrogens with one attached hydrogen (secondary N) is 1. The molecule has 0 fully saturated rings. The third-order valence-electron chi connectivity index (χ3n) is 2.71. The van der Waals surface area contributed by atoms with E-state index in [-0.39, 0.29) is 6.04 Å². The van der Waals surface area contributed by atoms with Crippen molar-refractivity contribution < 1.29 is 9.90 Å². The van der Waals surface area contributed by atoms with Crippen molar-refractivity contribution in [3.63, 3.8) is 0 Å². The largest absolute Gasteiger partial charge is 0.480 e. The standard InChI is InChI=1S/C13H21N3O2S/c1-10(2)16-13(3,12(17)18)6-4-8-19-11-5-7-14-9-15-11/h5,7,9-10,16H,4,6,8H2,1-3H3,(H,17,18). The van der Waals surface area contributed by atoms with E-state index in [0.717, 1.165) is 17.2 Å². The van der Waals surface area contributed by atoms with Crippen molar-refractivity contribution in [2.24, 2.45) is 0 Å². The zero-order chi connectivity index (χ0) is 14.3. The normalized spacial score (nSPS) is 14.3. The fourth-order valence-corrected chi connectivity index (χ4v) is 2.62. The molecule has 106 valence electrons. The highest BCUT2D eigenvalue weighted by Crippen LogP contribution is 2.20. The maximum Gasteiger partial charge on any atom is 0.323 e. The van der Waals surface area contributed by atoms with Crippen molar-refractivity contribution in [1.82, 2.24) is 15.3 Å². The van der Waals surface area contributed by atoms with E-state index < -0.39 is 11.5 Å². The van der Waals surface area contributed by atoms with Gasteiger partial charge in [0, 0.05) is 12.2 Å². The minimum Gasteiger partial charge on any atom is -0.480 e. The topological polar surface area (TPSA) is 75.1 Å². The number of carboxylic acids is 1. The van der Waals surface area contributed by atoms with Crippen LogP contribution in [-0.4, -0.2) is 38.4 Å². The highest BCUT2D eigenvalue weighted by atomic mass is 32.2. The second kappa shape index (κ2) is 7.45. The van der Waals surface area contributed by atoms with Gasteiger partial charge in [-0.05, 0) is 45.4 Å². The molecule has 5 nitrogen and oxygen atoms in total. The van der Waals surface area contributed by atoms with Gasteiger partial charge >= 0.3 is 5.97 Å². The molecule has 0 aliphatic carbocycles. The summed E-state index contributed by atoms with van der Waals surface area (Å²) < 4.78 is 0. The van der Waals surface area contributed by atoms with Gasteiger partial charge in [-0.1, -0.05) is 0 Å². The molecule has 6 heteroatoms. The first-order chi connectivity index (χ1) is 8.94. The van der Waals surface area contributed by atoms with Crippen molar-refractivity contribution in [1.29, 1.82) is 0 Å². The summed E-state index contributed by atoms with van der Waals surface area (Å²) in [4.78, 5) is 19.3. The molecule has 0 spiro atoms. The Morgan fingerprint density at radius 3 is 2.84 bits per heavy atom. The molecule has 1 rings (SSSR count). The lowest BCUT2D eigenvalue weighted by Gasteiger charge is -2.28. The third kappa shape index (κ3) is 5.57. The number of carbonyl (C=O) groups is 1. The zero-order valence-corrected chi connectivity index (χ0v) is 12.4. The molecule has 1 aromatic rings. The van der Waals surface area contributed by atoms with Crippen LogP contribution in [0.5, 0.6) is 0 Å². The SMILES string of the molecule is CC(C)NC(C)(CCCSc1ccncn1)C(=O)O. The Hall–Kier alpha value is -1.14. The maximum atomic E-state index is 11.3. The number of hydrogen-bond acceptors (Lipinski definition) is 5. The lowest BCUT2D eigenvalue weighted by atomic mass is 9.95. The Labute approximate surface area is 118 Å². The van der Waals surface area contributed by atoms with Gasteiger partial charge in [0.25, 0.3) is 0 Å². The first-order valence-electron chi connectivity index (χ1n) is 6.34. The number of carboxylic acid groups (broad SMARTS) is 1. The van der Waals surface area contributed by atoms with E-state index in [9.17, 15) is 9.90 Å². The summed E-state index contributed by atoms with van der Waals surface area (Å²) in [6.45, 7) is 5.65. The lowest BCUT2D eigenvalue weighted by molar-refractivity contribution is -0.144. The molecule has 1 atom stereocenters. The molecular weight excluding hydrogens is 262 g/mol. The van der Waals surface area contributed by atoms with Crippen LogP contribution < -0.4 is 5.32 Å². The van der Waals surface area contributed by atoms with Crippen LogP contribution in [0.3, 0.4) is 0 Å². The molecule has 0 aliphatic heterocycles. The Kier molecular flexibility index (Phi) is 6.24. The van der Waals surface area contributed by atoms with Gasteiger partial charge in [-0.2, -0.15) is 0 Å². The second-order valence-electron chi connectivity index (χ2n) is 4.94. The molecule has 1 heterocycles.